The first-order valence-corrected chi connectivity index (χ1v) is 7.35. The second-order valence-electron chi connectivity index (χ2n) is 3.77. The van der Waals surface area contributed by atoms with Gasteiger partial charge in [0.15, 0.2) is 16.4 Å². The van der Waals surface area contributed by atoms with Gasteiger partial charge in [0.05, 0.1) is 5.52 Å². The molecule has 98 valence electrons. The Labute approximate surface area is 110 Å². The first kappa shape index (κ1) is 13.4. The molecule has 18 heavy (non-hydrogen) atoms. The van der Waals surface area contributed by atoms with E-state index >= 15 is 0 Å². The maximum absolute atomic E-state index is 13.7. The van der Waals surface area contributed by atoms with Crippen molar-refractivity contribution in [3.05, 3.63) is 28.5 Å². The number of aryl methyl sites for hydroxylation is 1. The molecule has 0 amide bonds. The molecule has 0 aliphatic rings. The van der Waals surface area contributed by atoms with Crippen LogP contribution in [-0.4, -0.2) is 25.3 Å². The first-order valence-electron chi connectivity index (χ1n) is 5.46. The molecule has 1 unspecified atom stereocenters. The Hall–Kier alpha value is -1.08. The van der Waals surface area contributed by atoms with Gasteiger partial charge in [-0.25, -0.2) is 8.78 Å². The Bertz CT molecular complexity index is 663. The van der Waals surface area contributed by atoms with Crippen molar-refractivity contribution in [3.63, 3.8) is 0 Å². The van der Waals surface area contributed by atoms with Crippen molar-refractivity contribution in [1.29, 1.82) is 0 Å². The van der Waals surface area contributed by atoms with Crippen molar-refractivity contribution in [2.75, 3.05) is 11.5 Å². The van der Waals surface area contributed by atoms with Crippen LogP contribution in [0, 0.1) is 16.4 Å². The van der Waals surface area contributed by atoms with Gasteiger partial charge < -0.3 is 9.55 Å². The van der Waals surface area contributed by atoms with Crippen LogP contribution in [0.2, 0.25) is 0 Å². The molecule has 1 aromatic heterocycles. The van der Waals surface area contributed by atoms with Crippen LogP contribution in [0.15, 0.2) is 12.1 Å². The summed E-state index contributed by atoms with van der Waals surface area (Å²) in [6.07, 6.45) is 0. The normalized spacial score (nSPS) is 13.1. The summed E-state index contributed by atoms with van der Waals surface area (Å²) in [5, 5.41) is 0. The Morgan fingerprint density at radius 2 is 2.17 bits per heavy atom. The summed E-state index contributed by atoms with van der Waals surface area (Å²) in [4.78, 5) is 2.81. The van der Waals surface area contributed by atoms with Crippen molar-refractivity contribution in [2.45, 2.75) is 13.5 Å². The monoisotopic (exact) mass is 290 g/mol. The summed E-state index contributed by atoms with van der Waals surface area (Å²) in [6.45, 7) is 2.12. The van der Waals surface area contributed by atoms with Gasteiger partial charge in [0, 0.05) is 28.9 Å². The van der Waals surface area contributed by atoms with Crippen molar-refractivity contribution < 1.29 is 13.0 Å². The lowest BCUT2D eigenvalue weighted by atomic mass is 10.3. The van der Waals surface area contributed by atoms with Crippen LogP contribution >= 0.6 is 12.2 Å². The molecule has 0 aliphatic heterocycles. The number of halogens is 2. The highest BCUT2D eigenvalue weighted by atomic mass is 32.2. The largest absolute Gasteiger partial charge is 0.330 e. The summed E-state index contributed by atoms with van der Waals surface area (Å²) < 4.78 is 40.1. The molecular weight excluding hydrogens is 278 g/mol. The van der Waals surface area contributed by atoms with Gasteiger partial charge in [-0.15, -0.1) is 0 Å². The van der Waals surface area contributed by atoms with E-state index in [9.17, 15) is 13.0 Å². The zero-order valence-electron chi connectivity index (χ0n) is 9.70. The second-order valence-corrected chi connectivity index (χ2v) is 6.02. The molecule has 0 aliphatic carbocycles. The zero-order chi connectivity index (χ0) is 13.3. The molecule has 0 fully saturated rings. The molecule has 7 heteroatoms. The number of hydrogen-bond donors (Lipinski definition) is 1. The molecule has 1 N–H and O–H groups in total. The van der Waals surface area contributed by atoms with E-state index in [0.717, 1.165) is 6.07 Å². The SMILES string of the molecule is CCS(=O)CCn1c(=S)[nH]c2ccc(F)c(F)c21. The standard InChI is InChI=1S/C11H12F2N2OS2/c1-2-18(16)6-5-15-10-8(14-11(15)17)4-3-7(12)9(10)13/h3-4H,2,5-6H2,1H3,(H,14,17). The molecule has 2 rings (SSSR count). The van der Waals surface area contributed by atoms with E-state index in [1.807, 2.05) is 6.92 Å². The second kappa shape index (κ2) is 5.27. The van der Waals surface area contributed by atoms with E-state index in [0.29, 0.717) is 28.3 Å². The van der Waals surface area contributed by atoms with E-state index in [1.165, 1.54) is 10.6 Å². The Morgan fingerprint density at radius 3 is 2.83 bits per heavy atom. The Kier molecular flexibility index (Phi) is 3.91. The van der Waals surface area contributed by atoms with E-state index < -0.39 is 22.4 Å². The molecule has 2 aromatic rings. The highest BCUT2D eigenvalue weighted by Crippen LogP contribution is 2.20. The van der Waals surface area contributed by atoms with Gasteiger partial charge >= 0.3 is 0 Å². The lowest BCUT2D eigenvalue weighted by Crippen LogP contribution is -2.09. The maximum Gasteiger partial charge on any atom is 0.184 e. The van der Waals surface area contributed by atoms with Crippen LogP contribution in [0.5, 0.6) is 0 Å². The van der Waals surface area contributed by atoms with Crippen molar-refractivity contribution in [1.82, 2.24) is 9.55 Å². The number of benzene rings is 1. The lowest BCUT2D eigenvalue weighted by Gasteiger charge is -2.04. The molecule has 0 saturated heterocycles. The van der Waals surface area contributed by atoms with Crippen molar-refractivity contribution in [2.24, 2.45) is 0 Å². The summed E-state index contributed by atoms with van der Waals surface area (Å²) in [5.41, 5.74) is 0.550. The van der Waals surface area contributed by atoms with Gasteiger partial charge in [-0.3, -0.25) is 4.21 Å². The molecule has 0 bridgehead atoms. The topological polar surface area (TPSA) is 37.8 Å². The minimum absolute atomic E-state index is 0.105. The average molecular weight is 290 g/mol. The predicted molar refractivity (Wildman–Crippen MR) is 70.6 cm³/mol. The molecular formula is C11H12F2N2OS2. The molecule has 3 nitrogen and oxygen atoms in total. The fourth-order valence-corrected chi connectivity index (χ4v) is 2.71. The minimum atomic E-state index is -0.972. The molecule has 1 aromatic carbocycles. The van der Waals surface area contributed by atoms with Crippen LogP contribution in [0.4, 0.5) is 8.78 Å². The number of hydrogen-bond acceptors (Lipinski definition) is 2. The predicted octanol–water partition coefficient (Wildman–Crippen LogP) is 2.75. The molecule has 1 heterocycles. The fourth-order valence-electron chi connectivity index (χ4n) is 1.74. The highest BCUT2D eigenvalue weighted by molar-refractivity contribution is 7.84. The minimum Gasteiger partial charge on any atom is -0.330 e. The zero-order valence-corrected chi connectivity index (χ0v) is 11.3. The van der Waals surface area contributed by atoms with Crippen LogP contribution in [0.3, 0.4) is 0 Å². The van der Waals surface area contributed by atoms with Gasteiger partial charge in [-0.1, -0.05) is 6.92 Å². The van der Waals surface area contributed by atoms with E-state index in [4.69, 9.17) is 12.2 Å². The van der Waals surface area contributed by atoms with E-state index in [1.54, 1.807) is 0 Å². The average Bonchev–Trinajstić information content (AvgIpc) is 2.68. The Morgan fingerprint density at radius 1 is 1.44 bits per heavy atom. The molecule has 0 saturated carbocycles. The van der Waals surface area contributed by atoms with Gasteiger partial charge in [-0.05, 0) is 24.4 Å². The van der Waals surface area contributed by atoms with Crippen molar-refractivity contribution in [3.8, 4) is 0 Å². The fraction of sp³-hybridized carbons (Fsp3) is 0.364. The third-order valence-electron chi connectivity index (χ3n) is 2.69. The number of H-pyrrole nitrogens is 1. The smallest absolute Gasteiger partial charge is 0.184 e. The van der Waals surface area contributed by atoms with Crippen molar-refractivity contribution >= 4 is 34.1 Å². The van der Waals surface area contributed by atoms with E-state index in [-0.39, 0.29) is 5.52 Å². The molecule has 0 radical (unpaired) electrons. The van der Waals surface area contributed by atoms with Crippen LogP contribution < -0.4 is 0 Å². The number of nitrogens with zero attached hydrogens (tertiary/aromatic N) is 1. The molecule has 0 spiro atoms. The highest BCUT2D eigenvalue weighted by Gasteiger charge is 2.13. The number of aromatic nitrogens is 2. The summed E-state index contributed by atoms with van der Waals surface area (Å²) in [7, 11) is -0.972. The lowest BCUT2D eigenvalue weighted by molar-refractivity contribution is 0.511. The van der Waals surface area contributed by atoms with Crippen LogP contribution in [0.25, 0.3) is 11.0 Å². The third-order valence-corrected chi connectivity index (χ3v) is 4.29. The van der Waals surface area contributed by atoms with Gasteiger partial charge in [0.25, 0.3) is 0 Å². The van der Waals surface area contributed by atoms with Crippen LogP contribution in [0.1, 0.15) is 6.92 Å². The maximum atomic E-state index is 13.7. The quantitative estimate of drug-likeness (QED) is 0.879. The van der Waals surface area contributed by atoms with Gasteiger partial charge in [-0.2, -0.15) is 0 Å². The number of imidazole rings is 1. The van der Waals surface area contributed by atoms with E-state index in [2.05, 4.69) is 4.98 Å². The summed E-state index contributed by atoms with van der Waals surface area (Å²) in [6, 6.07) is 2.49. The Balaban J connectivity index is 2.49. The van der Waals surface area contributed by atoms with Gasteiger partial charge in [0.2, 0.25) is 0 Å². The van der Waals surface area contributed by atoms with Gasteiger partial charge in [0.1, 0.15) is 5.52 Å². The summed E-state index contributed by atoms with van der Waals surface area (Å²) >= 11 is 5.06. The third kappa shape index (κ3) is 2.37. The number of aromatic amines is 1. The van der Waals surface area contributed by atoms with Crippen LogP contribution in [-0.2, 0) is 17.3 Å². The summed E-state index contributed by atoms with van der Waals surface area (Å²) in [5.74, 6) is -0.941. The number of fused-ring (bicyclic) bond motifs is 1. The first-order chi connectivity index (χ1) is 8.54. The number of rotatable bonds is 4. The number of nitrogens with one attached hydrogen (secondary N) is 1. The molecule has 1 atom stereocenters.